The Morgan fingerprint density at radius 2 is 1.70 bits per heavy atom. The molecule has 1 aliphatic heterocycles. The number of nitrogens with two attached hydrogens (primary N) is 1. The molecule has 2 heterocycles. The van der Waals surface area contributed by atoms with Crippen molar-refractivity contribution in [3.05, 3.63) is 65.9 Å². The number of para-hydroxylation sites is 1. The van der Waals surface area contributed by atoms with Gasteiger partial charge < -0.3 is 41.6 Å². The smallest absolute Gasteiger partial charge is 0.326 e. The van der Waals surface area contributed by atoms with E-state index < -0.39 is 60.2 Å². The molecule has 0 radical (unpaired) electrons. The molecule has 43 heavy (non-hydrogen) atoms. The minimum Gasteiger partial charge on any atom is -0.508 e. The maximum Gasteiger partial charge on any atom is 0.326 e. The molecule has 13 nitrogen and oxygen atoms in total. The number of phenolic OH excluding ortho intramolecular Hbond substituents is 1. The van der Waals surface area contributed by atoms with Gasteiger partial charge in [0.1, 0.15) is 23.9 Å². The second-order valence-electron chi connectivity index (χ2n) is 10.6. The van der Waals surface area contributed by atoms with Crippen molar-refractivity contribution < 1.29 is 39.3 Å². The van der Waals surface area contributed by atoms with Crippen LogP contribution in [0.25, 0.3) is 10.9 Å². The zero-order valence-electron chi connectivity index (χ0n) is 23.4. The number of hydrogen-bond acceptors (Lipinski definition) is 7. The number of rotatable bonds is 13. The van der Waals surface area contributed by atoms with Gasteiger partial charge in [-0.15, -0.1) is 0 Å². The zero-order valence-corrected chi connectivity index (χ0v) is 23.4. The van der Waals surface area contributed by atoms with Gasteiger partial charge in [0, 0.05) is 36.5 Å². The van der Waals surface area contributed by atoms with Crippen LogP contribution >= 0.6 is 0 Å². The second-order valence-corrected chi connectivity index (χ2v) is 10.6. The van der Waals surface area contributed by atoms with Crippen molar-refractivity contribution in [2.45, 2.75) is 62.7 Å². The van der Waals surface area contributed by atoms with Crippen LogP contribution in [-0.4, -0.2) is 85.6 Å². The number of hydrogen-bond donors (Lipinski definition) is 7. The van der Waals surface area contributed by atoms with Crippen molar-refractivity contribution in [2.75, 3.05) is 6.54 Å². The largest absolute Gasteiger partial charge is 0.508 e. The van der Waals surface area contributed by atoms with Crippen molar-refractivity contribution in [3.63, 3.8) is 0 Å². The van der Waals surface area contributed by atoms with Crippen LogP contribution in [0.5, 0.6) is 5.75 Å². The number of carbonyl (C=O) groups is 5. The quantitative estimate of drug-likeness (QED) is 0.150. The molecule has 228 valence electrons. The molecule has 2 aromatic carbocycles. The molecule has 1 fully saturated rings. The molecule has 0 spiro atoms. The predicted octanol–water partition coefficient (Wildman–Crippen LogP) is 0.896. The van der Waals surface area contributed by atoms with E-state index in [1.54, 1.807) is 18.3 Å². The highest BCUT2D eigenvalue weighted by atomic mass is 16.4. The molecule has 3 aromatic rings. The van der Waals surface area contributed by atoms with Crippen molar-refractivity contribution in [2.24, 2.45) is 5.73 Å². The number of carboxylic acid groups (broad SMARTS) is 2. The maximum absolute atomic E-state index is 13.9. The maximum atomic E-state index is 13.9. The Balaban J connectivity index is 1.50. The Kier molecular flexibility index (Phi) is 9.99. The fourth-order valence-electron chi connectivity index (χ4n) is 5.27. The summed E-state index contributed by atoms with van der Waals surface area (Å²) in [6.45, 7) is 0.202. The number of phenols is 1. The molecular weight excluding hydrogens is 558 g/mol. The van der Waals surface area contributed by atoms with E-state index in [1.807, 2.05) is 24.3 Å². The lowest BCUT2D eigenvalue weighted by Crippen LogP contribution is -2.57. The van der Waals surface area contributed by atoms with Gasteiger partial charge in [-0.1, -0.05) is 30.3 Å². The summed E-state index contributed by atoms with van der Waals surface area (Å²) >= 11 is 0. The van der Waals surface area contributed by atoms with Crippen molar-refractivity contribution in [1.29, 1.82) is 0 Å². The van der Waals surface area contributed by atoms with Gasteiger partial charge in [0.05, 0.1) is 6.04 Å². The Bertz CT molecular complexity index is 1490. The molecule has 1 saturated heterocycles. The number of benzene rings is 2. The summed E-state index contributed by atoms with van der Waals surface area (Å²) in [7, 11) is 0. The van der Waals surface area contributed by atoms with E-state index in [-0.39, 0.29) is 38.0 Å². The van der Waals surface area contributed by atoms with Crippen LogP contribution in [0.4, 0.5) is 0 Å². The number of aliphatic carboxylic acids is 2. The summed E-state index contributed by atoms with van der Waals surface area (Å²) in [6.07, 6.45) is 2.00. The van der Waals surface area contributed by atoms with Gasteiger partial charge >= 0.3 is 11.9 Å². The molecule has 0 aliphatic carbocycles. The Hall–Kier alpha value is -4.91. The molecule has 1 aromatic heterocycles. The fourth-order valence-corrected chi connectivity index (χ4v) is 5.27. The first-order chi connectivity index (χ1) is 20.5. The third-order valence-corrected chi connectivity index (χ3v) is 7.54. The predicted molar refractivity (Wildman–Crippen MR) is 155 cm³/mol. The molecule has 0 saturated carbocycles. The Morgan fingerprint density at radius 3 is 2.40 bits per heavy atom. The number of likely N-dealkylation sites (tertiary alicyclic amines) is 1. The summed E-state index contributed by atoms with van der Waals surface area (Å²) in [5.41, 5.74) is 8.66. The first-order valence-corrected chi connectivity index (χ1v) is 14.0. The third-order valence-electron chi connectivity index (χ3n) is 7.54. The van der Waals surface area contributed by atoms with Gasteiger partial charge in [-0.05, 0) is 55.0 Å². The lowest BCUT2D eigenvalue weighted by molar-refractivity contribution is -0.145. The van der Waals surface area contributed by atoms with E-state index in [1.165, 1.54) is 17.0 Å². The number of H-pyrrole nitrogens is 1. The van der Waals surface area contributed by atoms with Gasteiger partial charge in [0.15, 0.2) is 0 Å². The highest BCUT2D eigenvalue weighted by molar-refractivity contribution is 5.95. The highest BCUT2D eigenvalue weighted by Gasteiger charge is 2.39. The minimum atomic E-state index is -1.43. The van der Waals surface area contributed by atoms with E-state index in [4.69, 9.17) is 10.8 Å². The molecule has 4 rings (SSSR count). The zero-order chi connectivity index (χ0) is 31.1. The van der Waals surface area contributed by atoms with Crippen LogP contribution in [-0.2, 0) is 36.8 Å². The molecule has 4 unspecified atom stereocenters. The van der Waals surface area contributed by atoms with Crippen molar-refractivity contribution in [1.82, 2.24) is 20.5 Å². The third kappa shape index (κ3) is 7.89. The number of aromatic amines is 1. The molecule has 13 heteroatoms. The van der Waals surface area contributed by atoms with Gasteiger partial charge in [0.2, 0.25) is 17.7 Å². The normalized spacial score (nSPS) is 16.8. The summed E-state index contributed by atoms with van der Waals surface area (Å²) in [4.78, 5) is 67.2. The van der Waals surface area contributed by atoms with Gasteiger partial charge in [0.25, 0.3) is 0 Å². The summed E-state index contributed by atoms with van der Waals surface area (Å²) in [5.74, 6) is -4.38. The minimum absolute atomic E-state index is 0.0311. The summed E-state index contributed by atoms with van der Waals surface area (Å²) in [5, 5.41) is 34.1. The van der Waals surface area contributed by atoms with Gasteiger partial charge in [-0.25, -0.2) is 4.79 Å². The topological polar surface area (TPSA) is 215 Å². The molecule has 3 amide bonds. The number of aromatic nitrogens is 1. The summed E-state index contributed by atoms with van der Waals surface area (Å²) in [6, 6.07) is 9.19. The molecule has 4 atom stereocenters. The number of amides is 3. The van der Waals surface area contributed by atoms with Crippen molar-refractivity contribution >= 4 is 40.6 Å². The van der Waals surface area contributed by atoms with Crippen molar-refractivity contribution in [3.8, 4) is 5.75 Å². The Morgan fingerprint density at radius 1 is 0.977 bits per heavy atom. The second kappa shape index (κ2) is 13.8. The van der Waals surface area contributed by atoms with E-state index in [9.17, 15) is 34.2 Å². The first-order valence-electron chi connectivity index (χ1n) is 14.0. The Labute approximate surface area is 247 Å². The fraction of sp³-hybridized carbons (Fsp3) is 0.367. The van der Waals surface area contributed by atoms with Crippen LogP contribution in [0.15, 0.2) is 54.7 Å². The standard InChI is InChI=1S/C30H35N5O8/c31-21(15-18-16-32-22-5-2-1-4-20(18)22)27(39)34-24(14-17-7-9-19(36)10-8-17)29(41)35-13-3-6-25(35)28(40)33-23(30(42)43)11-12-26(37)38/h1-2,4-5,7-10,16,21,23-25,32,36H,3,6,11-15,31H2,(H,33,40)(H,34,39)(H,37,38)(H,42,43). The number of nitrogens with zero attached hydrogens (tertiary/aromatic N) is 1. The lowest BCUT2D eigenvalue weighted by atomic mass is 10.0. The molecule has 0 bridgehead atoms. The number of carbonyl (C=O) groups excluding carboxylic acids is 3. The first kappa shape index (κ1) is 31.0. The molecule has 1 aliphatic rings. The SMILES string of the molecule is NC(Cc1c[nH]c2ccccc12)C(=O)NC(Cc1ccc(O)cc1)C(=O)N1CCCC1C(=O)NC(CCC(=O)O)C(=O)O. The highest BCUT2D eigenvalue weighted by Crippen LogP contribution is 2.22. The monoisotopic (exact) mass is 593 g/mol. The van der Waals surface area contributed by atoms with Crippen LogP contribution in [0.3, 0.4) is 0 Å². The van der Waals surface area contributed by atoms with Gasteiger partial charge in [-0.2, -0.15) is 0 Å². The lowest BCUT2D eigenvalue weighted by Gasteiger charge is -2.30. The van der Waals surface area contributed by atoms with E-state index in [0.717, 1.165) is 16.5 Å². The number of nitrogens with one attached hydrogen (secondary N) is 3. The van der Waals surface area contributed by atoms with Crippen LogP contribution in [0, 0.1) is 0 Å². The average molecular weight is 594 g/mol. The van der Waals surface area contributed by atoms with E-state index >= 15 is 0 Å². The summed E-state index contributed by atoms with van der Waals surface area (Å²) < 4.78 is 0. The van der Waals surface area contributed by atoms with E-state index in [2.05, 4.69) is 15.6 Å². The number of carboxylic acids is 2. The number of fused-ring (bicyclic) bond motifs is 1. The average Bonchev–Trinajstić information content (AvgIpc) is 3.63. The van der Waals surface area contributed by atoms with Crippen LogP contribution in [0.2, 0.25) is 0 Å². The molecular formula is C30H35N5O8. The van der Waals surface area contributed by atoms with Crippen LogP contribution in [0.1, 0.15) is 36.8 Å². The number of aromatic hydroxyl groups is 1. The van der Waals surface area contributed by atoms with Gasteiger partial charge in [-0.3, -0.25) is 19.2 Å². The van der Waals surface area contributed by atoms with Crippen LogP contribution < -0.4 is 16.4 Å². The molecule has 8 N–H and O–H groups in total. The van der Waals surface area contributed by atoms with E-state index in [0.29, 0.717) is 12.0 Å².